The summed E-state index contributed by atoms with van der Waals surface area (Å²) in [5.41, 5.74) is 15.1. The van der Waals surface area contributed by atoms with Gasteiger partial charge < -0.3 is 16.7 Å². The number of hydrogen-bond donors (Lipinski definition) is 3. The molecule has 5 N–H and O–H groups in total. The summed E-state index contributed by atoms with van der Waals surface area (Å²) in [6.07, 6.45) is 5.38. The SMILES string of the molecule is Cc1nc(C2CCC(/C(N)=N/N)CC2)ccc1-n1nc(-c2cccc3nn(CC(O)c4ccccc4)cc23)c(C(C)C)c1C. The summed E-state index contributed by atoms with van der Waals surface area (Å²) in [7, 11) is 0. The van der Waals surface area contributed by atoms with Crippen molar-refractivity contribution < 1.29 is 5.11 Å². The maximum atomic E-state index is 10.8. The molecule has 6 rings (SSSR count). The first-order chi connectivity index (χ1) is 21.2. The minimum Gasteiger partial charge on any atom is -0.386 e. The van der Waals surface area contributed by atoms with Gasteiger partial charge in [0.05, 0.1) is 35.2 Å². The Morgan fingerprint density at radius 3 is 2.41 bits per heavy atom. The molecule has 0 aliphatic heterocycles. The number of aryl methyl sites for hydroxylation is 1. The van der Waals surface area contributed by atoms with Crippen LogP contribution in [0.15, 0.2) is 72.0 Å². The van der Waals surface area contributed by atoms with Crippen molar-refractivity contribution in [3.05, 3.63) is 95.1 Å². The Kier molecular flexibility index (Phi) is 8.23. The van der Waals surface area contributed by atoms with E-state index in [2.05, 4.69) is 55.7 Å². The average molecular weight is 591 g/mol. The summed E-state index contributed by atoms with van der Waals surface area (Å²) in [6, 6.07) is 20.2. The smallest absolute Gasteiger partial charge is 0.122 e. The first-order valence-corrected chi connectivity index (χ1v) is 15.5. The van der Waals surface area contributed by atoms with Gasteiger partial charge in [-0.05, 0) is 69.2 Å². The average Bonchev–Trinajstić information content (AvgIpc) is 3.61. The number of aromatic nitrogens is 5. The molecular weight excluding hydrogens is 548 g/mol. The zero-order chi connectivity index (χ0) is 31.0. The van der Waals surface area contributed by atoms with Gasteiger partial charge in [-0.3, -0.25) is 9.67 Å². The topological polar surface area (TPSA) is 133 Å². The Labute approximate surface area is 258 Å². The Bertz CT molecular complexity index is 1790. The molecule has 0 spiro atoms. The summed E-state index contributed by atoms with van der Waals surface area (Å²) < 4.78 is 3.89. The summed E-state index contributed by atoms with van der Waals surface area (Å²) in [6.45, 7) is 9.01. The van der Waals surface area contributed by atoms with Crippen LogP contribution in [0.5, 0.6) is 0 Å². The number of benzene rings is 2. The highest BCUT2D eigenvalue weighted by Gasteiger charge is 2.27. The van der Waals surface area contributed by atoms with Gasteiger partial charge in [-0.25, -0.2) is 4.68 Å². The van der Waals surface area contributed by atoms with E-state index in [0.29, 0.717) is 18.3 Å². The molecule has 44 heavy (non-hydrogen) atoms. The van der Waals surface area contributed by atoms with Crippen LogP contribution in [0, 0.1) is 19.8 Å². The molecule has 1 saturated carbocycles. The van der Waals surface area contributed by atoms with Crippen molar-refractivity contribution in [2.75, 3.05) is 0 Å². The second-order valence-corrected chi connectivity index (χ2v) is 12.4. The van der Waals surface area contributed by atoms with Crippen molar-refractivity contribution in [1.29, 1.82) is 0 Å². The van der Waals surface area contributed by atoms with Crippen LogP contribution < -0.4 is 11.6 Å². The summed E-state index contributed by atoms with van der Waals surface area (Å²) in [5, 5.41) is 25.6. The molecule has 9 nitrogen and oxygen atoms in total. The lowest BCUT2D eigenvalue weighted by molar-refractivity contribution is 0.152. The van der Waals surface area contributed by atoms with E-state index in [1.165, 1.54) is 5.56 Å². The van der Waals surface area contributed by atoms with Gasteiger partial charge in [-0.2, -0.15) is 15.3 Å². The van der Waals surface area contributed by atoms with Crippen molar-refractivity contribution in [3.8, 4) is 16.9 Å². The molecule has 0 saturated heterocycles. The second-order valence-electron chi connectivity index (χ2n) is 12.4. The number of aliphatic hydroxyl groups is 1. The zero-order valence-corrected chi connectivity index (χ0v) is 26.0. The Hall–Kier alpha value is -4.50. The molecule has 0 radical (unpaired) electrons. The number of pyridine rings is 1. The van der Waals surface area contributed by atoms with Crippen LogP contribution in [0.4, 0.5) is 0 Å². The molecule has 3 heterocycles. The van der Waals surface area contributed by atoms with Crippen LogP contribution in [0.2, 0.25) is 0 Å². The molecule has 1 aliphatic rings. The number of nitrogens with two attached hydrogens (primary N) is 2. The van der Waals surface area contributed by atoms with Gasteiger partial charge in [-0.1, -0.05) is 56.3 Å². The lowest BCUT2D eigenvalue weighted by Crippen LogP contribution is -2.28. The Balaban J connectivity index is 1.32. The summed E-state index contributed by atoms with van der Waals surface area (Å²) in [5.74, 6) is 6.90. The van der Waals surface area contributed by atoms with Crippen LogP contribution in [0.1, 0.15) is 85.7 Å². The molecule has 228 valence electrons. The fraction of sp³-hybridized carbons (Fsp3) is 0.371. The molecule has 0 amide bonds. The van der Waals surface area contributed by atoms with E-state index in [-0.39, 0.29) is 11.8 Å². The van der Waals surface area contributed by atoms with E-state index in [1.54, 1.807) is 0 Å². The van der Waals surface area contributed by atoms with Crippen molar-refractivity contribution >= 4 is 16.7 Å². The number of hydrogen-bond acceptors (Lipinski definition) is 6. The number of aliphatic hydroxyl groups excluding tert-OH is 1. The fourth-order valence-corrected chi connectivity index (χ4v) is 6.80. The molecule has 0 bridgehead atoms. The molecule has 3 aromatic heterocycles. The van der Waals surface area contributed by atoms with Crippen molar-refractivity contribution in [3.63, 3.8) is 0 Å². The first kappa shape index (κ1) is 29.6. The molecular formula is C35H42N8O. The maximum absolute atomic E-state index is 10.8. The molecule has 1 fully saturated rings. The van der Waals surface area contributed by atoms with Crippen molar-refractivity contribution in [2.45, 2.75) is 77.9 Å². The van der Waals surface area contributed by atoms with Gasteiger partial charge >= 0.3 is 0 Å². The van der Waals surface area contributed by atoms with Crippen LogP contribution in [-0.4, -0.2) is 35.5 Å². The highest BCUT2D eigenvalue weighted by Crippen LogP contribution is 2.38. The van der Waals surface area contributed by atoms with Gasteiger partial charge in [0, 0.05) is 45.9 Å². The van der Waals surface area contributed by atoms with E-state index >= 15 is 0 Å². The number of nitrogens with zero attached hydrogens (tertiary/aromatic N) is 6. The predicted molar refractivity (Wildman–Crippen MR) is 176 cm³/mol. The third-order valence-electron chi connectivity index (χ3n) is 9.16. The molecule has 9 heteroatoms. The Morgan fingerprint density at radius 1 is 0.977 bits per heavy atom. The lowest BCUT2D eigenvalue weighted by atomic mass is 9.80. The fourth-order valence-electron chi connectivity index (χ4n) is 6.80. The van der Waals surface area contributed by atoms with Crippen LogP contribution in [-0.2, 0) is 6.54 Å². The Morgan fingerprint density at radius 2 is 1.73 bits per heavy atom. The molecule has 5 aromatic rings. The summed E-state index contributed by atoms with van der Waals surface area (Å²) in [4.78, 5) is 5.08. The van der Waals surface area contributed by atoms with Gasteiger partial charge in [-0.15, -0.1) is 0 Å². The number of hydrazone groups is 1. The second kappa shape index (κ2) is 12.2. The van der Waals surface area contributed by atoms with Gasteiger partial charge in [0.15, 0.2) is 0 Å². The van der Waals surface area contributed by atoms with Gasteiger partial charge in [0.2, 0.25) is 0 Å². The summed E-state index contributed by atoms with van der Waals surface area (Å²) >= 11 is 0. The largest absolute Gasteiger partial charge is 0.386 e. The quantitative estimate of drug-likeness (QED) is 0.0845. The third kappa shape index (κ3) is 5.59. The van der Waals surface area contributed by atoms with Crippen molar-refractivity contribution in [2.24, 2.45) is 22.6 Å². The molecule has 1 unspecified atom stereocenters. The van der Waals surface area contributed by atoms with Crippen LogP contribution in [0.3, 0.4) is 0 Å². The van der Waals surface area contributed by atoms with Gasteiger partial charge in [0.25, 0.3) is 0 Å². The van der Waals surface area contributed by atoms with Crippen molar-refractivity contribution in [1.82, 2.24) is 24.5 Å². The minimum atomic E-state index is -0.645. The monoisotopic (exact) mass is 590 g/mol. The van der Waals surface area contributed by atoms with E-state index < -0.39 is 6.10 Å². The van der Waals surface area contributed by atoms with E-state index in [0.717, 1.165) is 76.2 Å². The minimum absolute atomic E-state index is 0.260. The van der Waals surface area contributed by atoms with E-state index in [4.69, 9.17) is 26.8 Å². The standard InChI is InChI=1S/C35H42N8O/c1-21(2)33-23(4)43(31-18-17-29(38-22(31)3)24-13-15-26(16-14-24)35(36)39-37)41-34(33)27-11-8-12-30-28(27)19-42(40-30)20-32(44)25-9-6-5-7-10-25/h5-12,17-19,21,24,26,32,44H,13-16,20,37H2,1-4H3,(H2,36,39). The lowest BCUT2D eigenvalue weighted by Gasteiger charge is -2.27. The van der Waals surface area contributed by atoms with Gasteiger partial charge in [0.1, 0.15) is 5.84 Å². The van der Waals surface area contributed by atoms with E-state index in [1.807, 2.05) is 53.3 Å². The normalized spacial score (nSPS) is 18.3. The molecule has 2 aromatic carbocycles. The molecule has 1 atom stereocenters. The maximum Gasteiger partial charge on any atom is 0.122 e. The van der Waals surface area contributed by atoms with Crippen LogP contribution in [0.25, 0.3) is 27.8 Å². The third-order valence-corrected chi connectivity index (χ3v) is 9.16. The zero-order valence-electron chi connectivity index (χ0n) is 26.0. The number of amidine groups is 1. The van der Waals surface area contributed by atoms with E-state index in [9.17, 15) is 5.11 Å². The highest BCUT2D eigenvalue weighted by atomic mass is 16.3. The predicted octanol–water partition coefficient (Wildman–Crippen LogP) is 6.26. The van der Waals surface area contributed by atoms with Crippen LogP contribution >= 0.6 is 0 Å². The highest BCUT2D eigenvalue weighted by molar-refractivity contribution is 5.94. The number of fused-ring (bicyclic) bond motifs is 1. The molecule has 1 aliphatic carbocycles. The first-order valence-electron chi connectivity index (χ1n) is 15.5. The number of rotatable bonds is 8.